The van der Waals surface area contributed by atoms with Crippen LogP contribution in [0.15, 0.2) is 11.8 Å². The molecule has 0 saturated heterocycles. The Morgan fingerprint density at radius 2 is 1.56 bits per heavy atom. The fraction of sp³-hybridized carbons (Fsp3) is 0.375. The van der Waals surface area contributed by atoms with Crippen LogP contribution in [0.5, 0.6) is 0 Å². The second-order valence-corrected chi connectivity index (χ2v) is 4.97. The van der Waals surface area contributed by atoms with Crippen LogP contribution in [0, 0.1) is 17.5 Å². The van der Waals surface area contributed by atoms with Gasteiger partial charge in [-0.3, -0.25) is 0 Å². The van der Waals surface area contributed by atoms with E-state index in [1.165, 1.54) is 13.8 Å². The maximum atomic E-state index is 14.4. The molecule has 1 rings (SSSR count). The van der Waals surface area contributed by atoms with Crippen molar-refractivity contribution in [2.75, 3.05) is 18.1 Å². The van der Waals surface area contributed by atoms with Crippen LogP contribution < -0.4 is 4.90 Å². The summed E-state index contributed by atoms with van der Waals surface area (Å²) >= 11 is 0. The Morgan fingerprint density at radius 1 is 1.00 bits per heavy atom. The quantitative estimate of drug-likeness (QED) is 0.422. The van der Waals surface area contributed by atoms with E-state index in [0.29, 0.717) is 4.90 Å². The monoisotopic (exact) mass is 363 g/mol. The lowest BCUT2D eigenvalue weighted by Crippen LogP contribution is -2.32. The third kappa shape index (κ3) is 4.09. The Hall–Kier alpha value is -2.58. The highest BCUT2D eigenvalue weighted by Gasteiger charge is 2.30. The Labute approximate surface area is 141 Å². The van der Waals surface area contributed by atoms with Gasteiger partial charge in [-0.25, -0.2) is 27.2 Å². The van der Waals surface area contributed by atoms with Crippen molar-refractivity contribution in [3.8, 4) is 0 Å². The fourth-order valence-corrected chi connectivity index (χ4v) is 2.58. The summed E-state index contributed by atoms with van der Waals surface area (Å²) in [6.07, 6.45) is 0.215. The van der Waals surface area contributed by atoms with Crippen LogP contribution in [0.4, 0.5) is 23.2 Å². The van der Waals surface area contributed by atoms with E-state index in [0.717, 1.165) is 0 Å². The predicted octanol–water partition coefficient (Wildman–Crippen LogP) is 3.06. The van der Waals surface area contributed by atoms with E-state index in [-0.39, 0.29) is 30.0 Å². The van der Waals surface area contributed by atoms with Gasteiger partial charge >= 0.3 is 11.9 Å². The van der Waals surface area contributed by atoms with E-state index >= 15 is 0 Å². The first-order valence-corrected chi connectivity index (χ1v) is 7.40. The molecular weight excluding hydrogens is 346 g/mol. The lowest BCUT2D eigenvalue weighted by molar-refractivity contribution is -0.135. The van der Waals surface area contributed by atoms with Gasteiger partial charge in [0.05, 0.1) is 18.3 Å². The summed E-state index contributed by atoms with van der Waals surface area (Å²) in [5.41, 5.74) is -1.87. The lowest BCUT2D eigenvalue weighted by atomic mass is 9.98. The second-order valence-electron chi connectivity index (χ2n) is 4.97. The topological polar surface area (TPSA) is 77.8 Å². The molecule has 0 amide bonds. The Balaban J connectivity index is 3.86. The zero-order chi connectivity index (χ0) is 19.3. The van der Waals surface area contributed by atoms with Gasteiger partial charge in [-0.15, -0.1) is 0 Å². The molecule has 0 bridgehead atoms. The Bertz CT molecular complexity index is 719. The maximum absolute atomic E-state index is 14.4. The van der Waals surface area contributed by atoms with Crippen molar-refractivity contribution >= 4 is 17.6 Å². The average molecular weight is 363 g/mol. The third-order valence-electron chi connectivity index (χ3n) is 3.56. The molecule has 138 valence electrons. The number of nitrogens with zero attached hydrogens (tertiary/aromatic N) is 1. The van der Waals surface area contributed by atoms with Crippen molar-refractivity contribution in [3.63, 3.8) is 0 Å². The molecule has 1 aromatic carbocycles. The van der Waals surface area contributed by atoms with Gasteiger partial charge in [-0.05, 0) is 24.0 Å². The zero-order valence-electron chi connectivity index (χ0n) is 13.6. The van der Waals surface area contributed by atoms with Gasteiger partial charge in [0.2, 0.25) is 0 Å². The van der Waals surface area contributed by atoms with Crippen molar-refractivity contribution in [2.24, 2.45) is 0 Å². The first-order valence-electron chi connectivity index (χ1n) is 7.40. The van der Waals surface area contributed by atoms with E-state index in [1.807, 2.05) is 0 Å². The molecule has 25 heavy (non-hydrogen) atoms. The lowest BCUT2D eigenvalue weighted by Gasteiger charge is -2.28. The summed E-state index contributed by atoms with van der Waals surface area (Å²) in [5, 5.41) is 18.0. The molecule has 0 aliphatic rings. The predicted molar refractivity (Wildman–Crippen MR) is 81.7 cm³/mol. The minimum Gasteiger partial charge on any atom is -0.478 e. The van der Waals surface area contributed by atoms with Crippen molar-refractivity contribution in [3.05, 3.63) is 40.4 Å². The first kappa shape index (κ1) is 20.5. The number of alkyl halides is 1. The van der Waals surface area contributed by atoms with Crippen LogP contribution in [0.2, 0.25) is 0 Å². The number of aliphatic carboxylic acids is 2. The molecule has 0 radical (unpaired) electrons. The zero-order valence-corrected chi connectivity index (χ0v) is 13.6. The summed E-state index contributed by atoms with van der Waals surface area (Å²) in [4.78, 5) is 22.7. The highest BCUT2D eigenvalue weighted by molar-refractivity contribution is 5.98. The fourth-order valence-electron chi connectivity index (χ4n) is 2.58. The SMILES string of the molecule is CCc1c(F)c(F)c(F)c(N(CCF)/C(=C\C(=O)O)C(=O)O)c1CC. The van der Waals surface area contributed by atoms with Crippen LogP contribution in [0.3, 0.4) is 0 Å². The number of carboxylic acids is 2. The van der Waals surface area contributed by atoms with Gasteiger partial charge in [0, 0.05) is 0 Å². The van der Waals surface area contributed by atoms with E-state index < -0.39 is 54.0 Å². The molecule has 0 spiro atoms. The molecule has 0 saturated carbocycles. The van der Waals surface area contributed by atoms with Gasteiger partial charge in [-0.2, -0.15) is 0 Å². The van der Waals surface area contributed by atoms with E-state index in [4.69, 9.17) is 5.11 Å². The number of benzene rings is 1. The van der Waals surface area contributed by atoms with Crippen molar-refractivity contribution in [1.29, 1.82) is 0 Å². The molecule has 9 heteroatoms. The minimum absolute atomic E-state index is 0.00458. The standard InChI is InChI=1S/C16H17F4NO4/c1-3-8-9(4-2)15(14(20)13(19)12(8)18)21(6-5-17)10(16(24)25)7-11(22)23/h7H,3-6H2,1-2H3,(H,22,23)(H,24,25)/b10-7-. The summed E-state index contributed by atoms with van der Waals surface area (Å²) in [6, 6.07) is 0. The molecule has 0 aromatic heterocycles. The molecule has 5 nitrogen and oxygen atoms in total. The van der Waals surface area contributed by atoms with Crippen LogP contribution in [0.25, 0.3) is 0 Å². The molecule has 0 aliphatic heterocycles. The van der Waals surface area contributed by atoms with Gasteiger partial charge in [0.25, 0.3) is 0 Å². The molecule has 1 aromatic rings. The average Bonchev–Trinajstić information content (AvgIpc) is 2.55. The summed E-state index contributed by atoms with van der Waals surface area (Å²) in [6.45, 7) is 1.07. The normalized spacial score (nSPS) is 11.5. The van der Waals surface area contributed by atoms with Crippen LogP contribution in [-0.4, -0.2) is 35.4 Å². The smallest absolute Gasteiger partial charge is 0.352 e. The van der Waals surface area contributed by atoms with Crippen LogP contribution >= 0.6 is 0 Å². The maximum Gasteiger partial charge on any atom is 0.352 e. The number of rotatable bonds is 8. The van der Waals surface area contributed by atoms with Gasteiger partial charge in [0.15, 0.2) is 17.5 Å². The minimum atomic E-state index is -1.83. The number of carbonyl (C=O) groups is 2. The van der Waals surface area contributed by atoms with Crippen molar-refractivity contribution in [2.45, 2.75) is 26.7 Å². The summed E-state index contributed by atoms with van der Waals surface area (Å²) in [5.74, 6) is -8.37. The van der Waals surface area contributed by atoms with E-state index in [2.05, 4.69) is 0 Å². The molecule has 0 aliphatic carbocycles. The number of carboxylic acid groups (broad SMARTS) is 2. The highest BCUT2D eigenvalue weighted by Crippen LogP contribution is 2.35. The first-order chi connectivity index (χ1) is 11.7. The second kappa shape index (κ2) is 8.50. The third-order valence-corrected chi connectivity index (χ3v) is 3.56. The molecule has 0 unspecified atom stereocenters. The molecule has 0 atom stereocenters. The highest BCUT2D eigenvalue weighted by atomic mass is 19.2. The Kier molecular flexibility index (Phi) is 6.96. The van der Waals surface area contributed by atoms with Crippen LogP contribution in [0.1, 0.15) is 25.0 Å². The Morgan fingerprint density at radius 3 is 1.96 bits per heavy atom. The molecule has 0 fully saturated rings. The van der Waals surface area contributed by atoms with Crippen molar-refractivity contribution < 1.29 is 37.4 Å². The molecule has 0 heterocycles. The number of hydrogen-bond donors (Lipinski definition) is 2. The van der Waals surface area contributed by atoms with Crippen LogP contribution in [-0.2, 0) is 22.4 Å². The largest absolute Gasteiger partial charge is 0.478 e. The van der Waals surface area contributed by atoms with Gasteiger partial charge < -0.3 is 15.1 Å². The van der Waals surface area contributed by atoms with Gasteiger partial charge in [-0.1, -0.05) is 13.8 Å². The molecule has 2 N–H and O–H groups in total. The summed E-state index contributed by atoms with van der Waals surface area (Å²) < 4.78 is 55.2. The molecular formula is C16H17F4NO4. The van der Waals surface area contributed by atoms with Gasteiger partial charge in [0.1, 0.15) is 12.4 Å². The van der Waals surface area contributed by atoms with E-state index in [9.17, 15) is 32.3 Å². The summed E-state index contributed by atoms with van der Waals surface area (Å²) in [7, 11) is 0. The number of anilines is 1. The van der Waals surface area contributed by atoms with E-state index in [1.54, 1.807) is 0 Å². The van der Waals surface area contributed by atoms with Crippen molar-refractivity contribution in [1.82, 2.24) is 0 Å². The number of halogens is 4. The number of hydrogen-bond acceptors (Lipinski definition) is 3.